The number of benzene rings is 5. The molecule has 0 bridgehead atoms. The Hall–Kier alpha value is -7.44. The van der Waals surface area contributed by atoms with Gasteiger partial charge in [0.05, 0.1) is 6.42 Å². The van der Waals surface area contributed by atoms with Crippen molar-refractivity contribution in [3.63, 3.8) is 0 Å². The molecule has 0 amide bonds. The van der Waals surface area contributed by atoms with Crippen LogP contribution in [0.2, 0.25) is 0 Å². The highest BCUT2D eigenvalue weighted by Crippen LogP contribution is 2.26. The highest BCUT2D eigenvalue weighted by atomic mass is 19.4. The van der Waals surface area contributed by atoms with Crippen molar-refractivity contribution < 1.29 is 87.6 Å². The summed E-state index contributed by atoms with van der Waals surface area (Å²) in [5.41, 5.74) is 1.53. The molecule has 5 aromatic carbocycles. The molecule has 0 aliphatic rings. The van der Waals surface area contributed by atoms with Crippen LogP contribution in [0.3, 0.4) is 0 Å². The fraction of sp³-hybridized carbons (Fsp3) is 0.163. The third-order valence-electron chi connectivity index (χ3n) is 7.29. The minimum absolute atomic E-state index is 0.0557. The summed E-state index contributed by atoms with van der Waals surface area (Å²) in [5, 5.41) is 0. The summed E-state index contributed by atoms with van der Waals surface area (Å²) in [6, 6.07) is 30.6. The number of ketones is 3. The summed E-state index contributed by atoms with van der Waals surface area (Å²) >= 11 is 0. The van der Waals surface area contributed by atoms with E-state index in [0.29, 0.717) is 29.8 Å². The smallest absolute Gasteiger partial charge is 0.455 e. The first kappa shape index (κ1) is 48.9. The molecule has 0 aliphatic heterocycles. The Bertz CT molecular complexity index is 2250. The van der Waals surface area contributed by atoms with Gasteiger partial charge in [-0.1, -0.05) is 91.0 Å². The summed E-state index contributed by atoms with van der Waals surface area (Å²) in [4.78, 5) is 69.0. The van der Waals surface area contributed by atoms with Crippen LogP contribution in [0.1, 0.15) is 50.8 Å². The summed E-state index contributed by atoms with van der Waals surface area (Å²) in [5.74, 6) is -9.87. The molecule has 0 aromatic heterocycles. The lowest BCUT2D eigenvalue weighted by molar-refractivity contribution is -0.275. The molecular weight excluding hydrogens is 844 g/mol. The number of alkyl halides is 6. The van der Waals surface area contributed by atoms with Crippen LogP contribution in [0.25, 0.3) is 0 Å². The molecule has 0 N–H and O–H groups in total. The lowest BCUT2D eigenvalue weighted by Crippen LogP contribution is -2.21. The molecule has 19 heteroatoms. The number of hydrogen-bond donors (Lipinski definition) is 0. The van der Waals surface area contributed by atoms with Crippen molar-refractivity contribution in [1.29, 1.82) is 0 Å². The third-order valence-corrected chi connectivity index (χ3v) is 7.29. The Labute approximate surface area is 346 Å². The first-order valence-corrected chi connectivity index (χ1v) is 17.5. The van der Waals surface area contributed by atoms with Crippen LogP contribution in [0.15, 0.2) is 127 Å². The molecule has 0 atom stereocenters. The molecule has 0 saturated heterocycles. The maximum Gasteiger partial charge on any atom is 0.573 e. The van der Waals surface area contributed by atoms with Gasteiger partial charge >= 0.3 is 30.6 Å². The van der Waals surface area contributed by atoms with Crippen molar-refractivity contribution in [2.45, 2.75) is 45.9 Å². The minimum Gasteiger partial charge on any atom is -0.455 e. The maximum absolute atomic E-state index is 13.4. The van der Waals surface area contributed by atoms with Gasteiger partial charge in [0.2, 0.25) is 5.78 Å². The number of carbonyl (C=O) groups is 6. The van der Waals surface area contributed by atoms with Crippen molar-refractivity contribution in [2.24, 2.45) is 0 Å². The minimum atomic E-state index is -5.08. The molecule has 0 heterocycles. The van der Waals surface area contributed by atoms with Gasteiger partial charge in [-0.2, -0.15) is 0 Å². The zero-order valence-electron chi connectivity index (χ0n) is 32.0. The van der Waals surface area contributed by atoms with Crippen LogP contribution in [-0.2, 0) is 53.2 Å². The lowest BCUT2D eigenvalue weighted by atomic mass is 10.1. The molecule has 5 aromatic rings. The second kappa shape index (κ2) is 23.4. The average molecular weight is 877 g/mol. The van der Waals surface area contributed by atoms with E-state index in [1.807, 2.05) is 60.7 Å². The van der Waals surface area contributed by atoms with Crippen LogP contribution in [0.5, 0.6) is 11.5 Å². The highest BCUT2D eigenvalue weighted by Gasteiger charge is 2.32. The molecule has 0 radical (unpaired) electrons. The van der Waals surface area contributed by atoms with Gasteiger partial charge in [0.1, 0.15) is 43.0 Å². The Morgan fingerprint density at radius 2 is 0.806 bits per heavy atom. The number of Topliss-reactive ketones (excluding diaryl/α,β-unsaturated/α-hetero) is 3. The van der Waals surface area contributed by atoms with E-state index in [1.54, 1.807) is 30.3 Å². The van der Waals surface area contributed by atoms with Crippen LogP contribution in [0, 0.1) is 11.6 Å². The van der Waals surface area contributed by atoms with Crippen LogP contribution < -0.4 is 9.47 Å². The van der Waals surface area contributed by atoms with Gasteiger partial charge in [-0.25, -0.2) is 23.2 Å². The Morgan fingerprint density at radius 1 is 0.468 bits per heavy atom. The van der Waals surface area contributed by atoms with Gasteiger partial charge in [-0.15, -0.1) is 26.3 Å². The highest BCUT2D eigenvalue weighted by molar-refractivity contribution is 6.38. The maximum atomic E-state index is 13.4. The van der Waals surface area contributed by atoms with E-state index in [4.69, 9.17) is 14.2 Å². The molecule has 326 valence electrons. The van der Waals surface area contributed by atoms with Gasteiger partial charge < -0.3 is 23.7 Å². The molecule has 0 spiro atoms. The predicted molar refractivity (Wildman–Crippen MR) is 199 cm³/mol. The van der Waals surface area contributed by atoms with E-state index >= 15 is 0 Å². The molecule has 0 saturated carbocycles. The van der Waals surface area contributed by atoms with Gasteiger partial charge in [0.25, 0.3) is 0 Å². The number of hydrogen-bond acceptors (Lipinski definition) is 11. The topological polar surface area (TPSA) is 149 Å². The van der Waals surface area contributed by atoms with E-state index in [0.717, 1.165) is 30.2 Å². The SMILES string of the molecule is CC(=O)c1cc(F)cc(OC(F)(F)F)c1.O=C(CC(=O)c1cc(F)cc(OC(F)(F)F)c1)C(=O)OCc1ccccc1.O=C(OCc1ccccc1)C(=O)OCc1ccccc1. The summed E-state index contributed by atoms with van der Waals surface area (Å²) in [6.45, 7) is 1.04. The van der Waals surface area contributed by atoms with Crippen molar-refractivity contribution in [2.75, 3.05) is 0 Å². The Kier molecular flexibility index (Phi) is 18.4. The van der Waals surface area contributed by atoms with Gasteiger partial charge in [-0.3, -0.25) is 14.4 Å². The van der Waals surface area contributed by atoms with Gasteiger partial charge in [0.15, 0.2) is 11.6 Å². The van der Waals surface area contributed by atoms with Gasteiger partial charge in [-0.05, 0) is 47.9 Å². The predicted octanol–water partition coefficient (Wildman–Crippen LogP) is 9.01. The number of rotatable bonds is 13. The van der Waals surface area contributed by atoms with Crippen LogP contribution in [-0.4, -0.2) is 48.0 Å². The van der Waals surface area contributed by atoms with E-state index < -0.39 is 83.1 Å². The summed E-state index contributed by atoms with van der Waals surface area (Å²) in [7, 11) is 0. The molecule has 0 unspecified atom stereocenters. The molecule has 62 heavy (non-hydrogen) atoms. The molecule has 0 fully saturated rings. The fourth-order valence-electron chi connectivity index (χ4n) is 4.56. The van der Waals surface area contributed by atoms with E-state index in [2.05, 4.69) is 9.47 Å². The second-order valence-electron chi connectivity index (χ2n) is 12.2. The Morgan fingerprint density at radius 3 is 1.16 bits per heavy atom. The summed E-state index contributed by atoms with van der Waals surface area (Å²) in [6.07, 6.45) is -11.0. The van der Waals surface area contributed by atoms with E-state index in [1.165, 1.54) is 0 Å². The first-order valence-electron chi connectivity index (χ1n) is 17.5. The quantitative estimate of drug-likeness (QED) is 0.0279. The van der Waals surface area contributed by atoms with E-state index in [-0.39, 0.29) is 25.4 Å². The number of halogens is 8. The average Bonchev–Trinajstić information content (AvgIpc) is 3.21. The van der Waals surface area contributed by atoms with Crippen molar-refractivity contribution in [3.05, 3.63) is 167 Å². The molecular formula is C43H32F8O11. The number of carbonyl (C=O) groups excluding carboxylic acids is 6. The zero-order valence-corrected chi connectivity index (χ0v) is 32.0. The van der Waals surface area contributed by atoms with Crippen LogP contribution >= 0.6 is 0 Å². The second-order valence-corrected chi connectivity index (χ2v) is 12.2. The molecule has 11 nitrogen and oxygen atoms in total. The van der Waals surface area contributed by atoms with Crippen molar-refractivity contribution in [1.82, 2.24) is 0 Å². The number of ether oxygens (including phenoxy) is 5. The van der Waals surface area contributed by atoms with Crippen molar-refractivity contribution >= 4 is 35.3 Å². The van der Waals surface area contributed by atoms with Gasteiger partial charge in [0, 0.05) is 23.3 Å². The first-order chi connectivity index (χ1) is 29.2. The van der Waals surface area contributed by atoms with Crippen LogP contribution in [0.4, 0.5) is 35.1 Å². The lowest BCUT2D eigenvalue weighted by Gasteiger charge is -2.10. The van der Waals surface area contributed by atoms with E-state index in [9.17, 15) is 63.9 Å². The monoisotopic (exact) mass is 876 g/mol. The van der Waals surface area contributed by atoms with Crippen molar-refractivity contribution in [3.8, 4) is 11.5 Å². The normalized spacial score (nSPS) is 10.7. The largest absolute Gasteiger partial charge is 0.573 e. The zero-order chi connectivity index (χ0) is 45.9. The standard InChI is InChI=1S/C18H12F4O5.C16H14O4.C9H6F4O2/c19-13-6-12(7-14(8-13)27-18(20,21)22)15(23)9-16(24)17(25)26-10-11-4-2-1-3-5-11;17-15(19-11-13-7-3-1-4-8-13)16(18)20-12-14-9-5-2-6-10-14;1-5(14)6-2-7(10)4-8(3-6)15-9(11,12)13/h1-8H,9-10H2;1-10H,11-12H2;2-4H,1H3. The number of esters is 3. The Balaban J connectivity index is 0.000000259. The summed E-state index contributed by atoms with van der Waals surface area (Å²) < 4.78 is 120. The fourth-order valence-corrected chi connectivity index (χ4v) is 4.56. The molecule has 5 rings (SSSR count). The third kappa shape index (κ3) is 19.1. The molecule has 0 aliphatic carbocycles.